The van der Waals surface area contributed by atoms with E-state index in [0.29, 0.717) is 5.58 Å². The lowest BCUT2D eigenvalue weighted by atomic mass is 10.1. The Morgan fingerprint density at radius 3 is 2.32 bits per heavy atom. The highest BCUT2D eigenvalue weighted by Gasteiger charge is 2.17. The van der Waals surface area contributed by atoms with Crippen LogP contribution >= 0.6 is 0 Å². The lowest BCUT2D eigenvalue weighted by Gasteiger charge is -2.36. The van der Waals surface area contributed by atoms with Crippen molar-refractivity contribution < 1.29 is 28.7 Å². The summed E-state index contributed by atoms with van der Waals surface area (Å²) in [7, 11) is 0. The normalized spacial score (nSPS) is 14.2. The molecule has 2 heterocycles. The number of hydrogen-bond donors (Lipinski definition) is 2. The average Bonchev–Trinajstić information content (AvgIpc) is 3.17. The zero-order valence-electron chi connectivity index (χ0n) is 16.9. The molecule has 0 radical (unpaired) electrons. The molecule has 1 aliphatic heterocycles. The third-order valence-electron chi connectivity index (χ3n) is 5.07. The average molecular weight is 429 g/mol. The maximum atomic E-state index is 13.2. The van der Waals surface area contributed by atoms with Crippen molar-refractivity contribution in [3.8, 4) is 0 Å². The molecule has 0 unspecified atom stereocenters. The van der Waals surface area contributed by atoms with Gasteiger partial charge in [0.1, 0.15) is 5.82 Å². The van der Waals surface area contributed by atoms with Crippen molar-refractivity contribution in [3.63, 3.8) is 0 Å². The number of para-hydroxylation sites is 1. The second-order valence-electron chi connectivity index (χ2n) is 7.15. The molecule has 2 N–H and O–H groups in total. The highest BCUT2D eigenvalue weighted by atomic mass is 19.1. The summed E-state index contributed by atoms with van der Waals surface area (Å²) in [5, 5.41) is 19.8. The van der Waals surface area contributed by atoms with Gasteiger partial charge in [-0.2, -0.15) is 0 Å². The van der Waals surface area contributed by atoms with Gasteiger partial charge in [0.2, 0.25) is 0 Å². The Morgan fingerprint density at radius 2 is 1.68 bits per heavy atom. The Hall–Kier alpha value is -3.46. The van der Waals surface area contributed by atoms with Crippen LogP contribution in [-0.2, 0) is 16.0 Å². The molecule has 1 aromatic heterocycles. The zero-order chi connectivity index (χ0) is 22.2. The number of carboxylic acids is 2. The summed E-state index contributed by atoms with van der Waals surface area (Å²) >= 11 is 0. The van der Waals surface area contributed by atoms with Crippen LogP contribution in [-0.4, -0.2) is 64.9 Å². The Bertz CT molecular complexity index is 1000. The van der Waals surface area contributed by atoms with E-state index in [2.05, 4.69) is 45.3 Å². The van der Waals surface area contributed by atoms with Crippen molar-refractivity contribution in [3.05, 3.63) is 60.0 Å². The van der Waals surface area contributed by atoms with Gasteiger partial charge in [0.25, 0.3) is 0 Å². The van der Waals surface area contributed by atoms with E-state index < -0.39 is 11.9 Å². The minimum absolute atomic E-state index is 0.286. The molecule has 0 atom stereocenters. The quantitative estimate of drug-likeness (QED) is 0.597. The second-order valence-corrected chi connectivity index (χ2v) is 7.15. The van der Waals surface area contributed by atoms with Crippen LogP contribution in [0.2, 0.25) is 0 Å². The molecule has 2 aromatic carbocycles. The van der Waals surface area contributed by atoms with E-state index in [1.807, 2.05) is 0 Å². The molecule has 1 saturated heterocycles. The molecule has 0 bridgehead atoms. The summed E-state index contributed by atoms with van der Waals surface area (Å²) in [6.07, 6.45) is 1.89. The van der Waals surface area contributed by atoms with Crippen LogP contribution < -0.4 is 4.90 Å². The van der Waals surface area contributed by atoms with Gasteiger partial charge in [0, 0.05) is 43.3 Å². The maximum absolute atomic E-state index is 13.2. The monoisotopic (exact) mass is 429 g/mol. The fourth-order valence-electron chi connectivity index (χ4n) is 3.48. The first-order valence-corrected chi connectivity index (χ1v) is 9.96. The van der Waals surface area contributed by atoms with E-state index in [0.717, 1.165) is 56.6 Å². The summed E-state index contributed by atoms with van der Waals surface area (Å²) < 4.78 is 18.4. The number of anilines is 1. The van der Waals surface area contributed by atoms with Gasteiger partial charge in [0.05, 0.1) is 5.69 Å². The molecule has 0 amide bonds. The third-order valence-corrected chi connectivity index (χ3v) is 5.07. The van der Waals surface area contributed by atoms with Crippen LogP contribution in [0.5, 0.6) is 0 Å². The predicted octanol–water partition coefficient (Wildman–Crippen LogP) is 2.88. The summed E-state index contributed by atoms with van der Waals surface area (Å²) in [5.41, 5.74) is 2.77. The van der Waals surface area contributed by atoms with Crippen LogP contribution in [0.3, 0.4) is 0 Å². The first-order valence-electron chi connectivity index (χ1n) is 9.96. The molecule has 31 heavy (non-hydrogen) atoms. The van der Waals surface area contributed by atoms with Crippen molar-refractivity contribution in [1.82, 2.24) is 10.1 Å². The molecule has 0 saturated carbocycles. The zero-order valence-corrected chi connectivity index (χ0v) is 16.9. The summed E-state index contributed by atoms with van der Waals surface area (Å²) in [4.78, 5) is 23.1. The fraction of sp³-hybridized carbons (Fsp3) is 0.318. The van der Waals surface area contributed by atoms with Crippen LogP contribution in [0.4, 0.5) is 10.1 Å². The number of fused-ring (bicyclic) bond motifs is 1. The number of aliphatic carboxylic acids is 2. The van der Waals surface area contributed by atoms with Gasteiger partial charge in [-0.1, -0.05) is 23.4 Å². The van der Waals surface area contributed by atoms with Gasteiger partial charge >= 0.3 is 11.9 Å². The van der Waals surface area contributed by atoms with Crippen molar-refractivity contribution >= 4 is 28.6 Å². The molecule has 4 rings (SSSR count). The third kappa shape index (κ3) is 6.26. The number of aromatic nitrogens is 1. The van der Waals surface area contributed by atoms with E-state index in [4.69, 9.17) is 24.3 Å². The van der Waals surface area contributed by atoms with Crippen molar-refractivity contribution in [2.45, 2.75) is 12.8 Å². The number of nitrogens with zero attached hydrogens (tertiary/aromatic N) is 3. The SMILES string of the molecule is Fc1ccc2c(CCCN3CCN(c4ccccc4)CC3)noc2c1.O=C(O)C(=O)O. The first-order chi connectivity index (χ1) is 14.9. The van der Waals surface area contributed by atoms with Crippen molar-refractivity contribution in [2.75, 3.05) is 37.6 Å². The number of hydrogen-bond acceptors (Lipinski definition) is 6. The fourth-order valence-corrected chi connectivity index (χ4v) is 3.48. The largest absolute Gasteiger partial charge is 0.473 e. The highest BCUT2D eigenvalue weighted by Crippen LogP contribution is 2.21. The Balaban J connectivity index is 0.000000401. The minimum Gasteiger partial charge on any atom is -0.473 e. The van der Waals surface area contributed by atoms with E-state index in [9.17, 15) is 4.39 Å². The van der Waals surface area contributed by atoms with Gasteiger partial charge in [-0.15, -0.1) is 0 Å². The van der Waals surface area contributed by atoms with E-state index in [1.54, 1.807) is 6.07 Å². The van der Waals surface area contributed by atoms with Crippen LogP contribution in [0.15, 0.2) is 53.1 Å². The van der Waals surface area contributed by atoms with Crippen LogP contribution in [0, 0.1) is 5.82 Å². The van der Waals surface area contributed by atoms with Crippen molar-refractivity contribution in [1.29, 1.82) is 0 Å². The van der Waals surface area contributed by atoms with E-state index in [1.165, 1.54) is 17.8 Å². The highest BCUT2D eigenvalue weighted by molar-refractivity contribution is 6.27. The van der Waals surface area contributed by atoms with Gasteiger partial charge in [-0.3, -0.25) is 4.90 Å². The second kappa shape index (κ2) is 10.5. The number of carboxylic acid groups (broad SMARTS) is 2. The van der Waals surface area contributed by atoms with Gasteiger partial charge < -0.3 is 19.6 Å². The Morgan fingerprint density at radius 1 is 1.00 bits per heavy atom. The summed E-state index contributed by atoms with van der Waals surface area (Å²) in [6, 6.07) is 15.2. The first kappa shape index (κ1) is 22.2. The molecule has 1 fully saturated rings. The number of benzene rings is 2. The molecule has 164 valence electrons. The number of aryl methyl sites for hydroxylation is 1. The number of carbonyl (C=O) groups is 2. The number of halogens is 1. The lowest BCUT2D eigenvalue weighted by Crippen LogP contribution is -2.46. The van der Waals surface area contributed by atoms with Crippen LogP contribution in [0.25, 0.3) is 11.0 Å². The minimum atomic E-state index is -1.82. The smallest absolute Gasteiger partial charge is 0.414 e. The van der Waals surface area contributed by atoms with Gasteiger partial charge in [-0.05, 0) is 43.7 Å². The number of piperazine rings is 1. The summed E-state index contributed by atoms with van der Waals surface area (Å²) in [5.74, 6) is -3.93. The van der Waals surface area contributed by atoms with Gasteiger partial charge in [-0.25, -0.2) is 14.0 Å². The molecule has 9 heteroatoms. The summed E-state index contributed by atoms with van der Waals surface area (Å²) in [6.45, 7) is 5.35. The molecule has 8 nitrogen and oxygen atoms in total. The molecule has 1 aliphatic rings. The number of rotatable bonds is 5. The molecule has 3 aromatic rings. The Kier molecular flexibility index (Phi) is 7.55. The molecule has 0 aliphatic carbocycles. The molecular weight excluding hydrogens is 405 g/mol. The lowest BCUT2D eigenvalue weighted by molar-refractivity contribution is -0.159. The van der Waals surface area contributed by atoms with E-state index in [-0.39, 0.29) is 5.82 Å². The van der Waals surface area contributed by atoms with E-state index >= 15 is 0 Å². The molecule has 0 spiro atoms. The van der Waals surface area contributed by atoms with Crippen LogP contribution in [0.1, 0.15) is 12.1 Å². The Labute approximate surface area is 178 Å². The molecular formula is C22H24FN3O5. The van der Waals surface area contributed by atoms with Gasteiger partial charge in [0.15, 0.2) is 5.58 Å². The topological polar surface area (TPSA) is 107 Å². The standard InChI is InChI=1S/C20H22FN3O.C2H2O4/c21-16-8-9-18-19(22-25-20(18)15-16)7-4-10-23-11-13-24(14-12-23)17-5-2-1-3-6-17;3-1(4)2(5)6/h1-3,5-6,8-9,15H,4,7,10-14H2;(H,3,4)(H,5,6). The predicted molar refractivity (Wildman–Crippen MR) is 113 cm³/mol. The van der Waals surface area contributed by atoms with Crippen molar-refractivity contribution in [2.24, 2.45) is 0 Å². The maximum Gasteiger partial charge on any atom is 0.414 e.